The zero-order chi connectivity index (χ0) is 16.9. The third-order valence-corrected chi connectivity index (χ3v) is 6.65. The van der Waals surface area contributed by atoms with Crippen LogP contribution in [0, 0.1) is 0 Å². The number of rotatable bonds is 4. The summed E-state index contributed by atoms with van der Waals surface area (Å²) in [7, 11) is 1.99. The molecule has 0 aromatic carbocycles. The van der Waals surface area contributed by atoms with E-state index in [-0.39, 0.29) is 6.03 Å². The van der Waals surface area contributed by atoms with Gasteiger partial charge < -0.3 is 14.8 Å². The van der Waals surface area contributed by atoms with E-state index in [1.54, 1.807) is 11.8 Å². The molecule has 3 rings (SSSR count). The number of nitrogens with zero attached hydrogens (tertiary/aromatic N) is 4. The van der Waals surface area contributed by atoms with Crippen LogP contribution in [0.15, 0.2) is 11.4 Å². The van der Waals surface area contributed by atoms with E-state index in [9.17, 15) is 4.79 Å². The molecule has 0 bridgehead atoms. The predicted octanol–water partition coefficient (Wildman–Crippen LogP) is 1.86. The number of hydrogen-bond acceptors (Lipinski definition) is 5. The van der Waals surface area contributed by atoms with E-state index in [0.717, 1.165) is 36.8 Å². The fourth-order valence-electron chi connectivity index (χ4n) is 3.43. The highest BCUT2D eigenvalue weighted by Crippen LogP contribution is 2.20. The lowest BCUT2D eigenvalue weighted by Crippen LogP contribution is -2.51. The van der Waals surface area contributed by atoms with Gasteiger partial charge in [0, 0.05) is 50.8 Å². The van der Waals surface area contributed by atoms with Gasteiger partial charge in [0.15, 0.2) is 5.16 Å². The average molecular weight is 370 g/mol. The van der Waals surface area contributed by atoms with Gasteiger partial charge in [0.05, 0.1) is 18.4 Å². The number of carbonyl (C=O) groups excluding carboxylic acids is 1. The summed E-state index contributed by atoms with van der Waals surface area (Å²) in [5.74, 6) is 2.51. The number of thioether (sulfide) groups is 2. The number of carbonyl (C=O) groups is 1. The van der Waals surface area contributed by atoms with Gasteiger partial charge in [-0.05, 0) is 19.1 Å². The summed E-state index contributed by atoms with van der Waals surface area (Å²) in [5.41, 5.74) is 1.04. The minimum absolute atomic E-state index is 0.0505. The Hall–Kier alpha value is -0.860. The summed E-state index contributed by atoms with van der Waals surface area (Å²) in [4.78, 5) is 21.3. The van der Waals surface area contributed by atoms with Crippen molar-refractivity contribution in [3.8, 4) is 0 Å². The minimum atomic E-state index is 0.0505. The standard InChI is InChI=1S/C16H27N5OS2/c1-19-14(12-18-16(19)23-2)11-17-15(22)21-5-3-13(4-6-21)20-7-9-24-10-8-20/h12-13H,3-11H2,1-2H3,(H,17,22). The molecule has 1 aromatic heterocycles. The first-order chi connectivity index (χ1) is 11.7. The van der Waals surface area contributed by atoms with Gasteiger partial charge in [0.2, 0.25) is 0 Å². The monoisotopic (exact) mass is 369 g/mol. The van der Waals surface area contributed by atoms with E-state index in [2.05, 4.69) is 27.0 Å². The maximum absolute atomic E-state index is 12.4. The van der Waals surface area contributed by atoms with E-state index in [1.165, 1.54) is 24.6 Å². The van der Waals surface area contributed by atoms with Crippen LogP contribution >= 0.6 is 23.5 Å². The highest BCUT2D eigenvalue weighted by atomic mass is 32.2. The Balaban J connectivity index is 1.44. The van der Waals surface area contributed by atoms with Gasteiger partial charge in [0.25, 0.3) is 0 Å². The first kappa shape index (κ1) is 17.9. The summed E-state index contributed by atoms with van der Waals surface area (Å²) in [6, 6.07) is 0.714. The Morgan fingerprint density at radius 1 is 1.33 bits per heavy atom. The molecule has 2 saturated heterocycles. The van der Waals surface area contributed by atoms with E-state index < -0.39 is 0 Å². The molecule has 134 valence electrons. The van der Waals surface area contributed by atoms with Gasteiger partial charge in [-0.3, -0.25) is 4.90 Å². The summed E-state index contributed by atoms with van der Waals surface area (Å²) in [5, 5.41) is 4.01. The van der Waals surface area contributed by atoms with Gasteiger partial charge in [-0.25, -0.2) is 9.78 Å². The van der Waals surface area contributed by atoms with Gasteiger partial charge in [-0.1, -0.05) is 11.8 Å². The van der Waals surface area contributed by atoms with Gasteiger partial charge in [-0.2, -0.15) is 11.8 Å². The summed E-state index contributed by atoms with van der Waals surface area (Å²) in [6.45, 7) is 4.68. The number of urea groups is 1. The number of amides is 2. The lowest BCUT2D eigenvalue weighted by molar-refractivity contribution is 0.124. The Morgan fingerprint density at radius 3 is 2.67 bits per heavy atom. The van der Waals surface area contributed by atoms with Crippen molar-refractivity contribution in [3.63, 3.8) is 0 Å². The molecule has 0 saturated carbocycles. The quantitative estimate of drug-likeness (QED) is 0.821. The Kier molecular flexibility index (Phi) is 6.35. The molecule has 2 aliphatic heterocycles. The van der Waals surface area contributed by atoms with Gasteiger partial charge in [0.1, 0.15) is 0 Å². The van der Waals surface area contributed by atoms with Crippen LogP contribution < -0.4 is 5.32 Å². The highest BCUT2D eigenvalue weighted by molar-refractivity contribution is 7.99. The number of likely N-dealkylation sites (tertiary alicyclic amines) is 1. The van der Waals surface area contributed by atoms with Crippen LogP contribution in [0.5, 0.6) is 0 Å². The molecule has 0 spiro atoms. The van der Waals surface area contributed by atoms with Gasteiger partial charge >= 0.3 is 6.03 Å². The fourth-order valence-corrected chi connectivity index (χ4v) is 4.91. The van der Waals surface area contributed by atoms with Crippen LogP contribution in [-0.4, -0.2) is 75.4 Å². The number of piperidine rings is 1. The highest BCUT2D eigenvalue weighted by Gasteiger charge is 2.27. The molecule has 8 heteroatoms. The number of hydrogen-bond donors (Lipinski definition) is 1. The predicted molar refractivity (Wildman–Crippen MR) is 101 cm³/mol. The van der Waals surface area contributed by atoms with Crippen molar-refractivity contribution in [2.45, 2.75) is 30.6 Å². The Morgan fingerprint density at radius 2 is 2.04 bits per heavy atom. The van der Waals surface area contributed by atoms with Crippen molar-refractivity contribution in [3.05, 3.63) is 11.9 Å². The van der Waals surface area contributed by atoms with E-state index in [1.807, 2.05) is 29.0 Å². The van der Waals surface area contributed by atoms with Crippen molar-refractivity contribution in [1.82, 2.24) is 24.7 Å². The van der Waals surface area contributed by atoms with Crippen LogP contribution in [0.2, 0.25) is 0 Å². The lowest BCUT2D eigenvalue weighted by atomic mass is 10.0. The molecule has 0 aliphatic carbocycles. The Labute approximate surface area is 152 Å². The van der Waals surface area contributed by atoms with Crippen LogP contribution in [-0.2, 0) is 13.6 Å². The summed E-state index contributed by atoms with van der Waals surface area (Å²) in [6.07, 6.45) is 6.05. The minimum Gasteiger partial charge on any atom is -0.332 e. The molecular formula is C16H27N5OS2. The van der Waals surface area contributed by atoms with E-state index >= 15 is 0 Å². The van der Waals surface area contributed by atoms with Crippen LogP contribution in [0.4, 0.5) is 4.79 Å². The lowest BCUT2D eigenvalue weighted by Gasteiger charge is -2.40. The molecule has 1 N–H and O–H groups in total. The molecule has 2 fully saturated rings. The summed E-state index contributed by atoms with van der Waals surface area (Å²) >= 11 is 3.67. The zero-order valence-electron chi connectivity index (χ0n) is 14.5. The second-order valence-corrected chi connectivity index (χ2v) is 8.32. The number of imidazole rings is 1. The Bertz CT molecular complexity index is 551. The van der Waals surface area contributed by atoms with Crippen molar-refractivity contribution < 1.29 is 4.79 Å². The molecule has 1 aromatic rings. The van der Waals surface area contributed by atoms with Crippen molar-refractivity contribution in [1.29, 1.82) is 0 Å². The second kappa shape index (κ2) is 8.49. The third-order valence-electron chi connectivity index (χ3n) is 4.96. The average Bonchev–Trinajstić information content (AvgIpc) is 3.00. The fraction of sp³-hybridized carbons (Fsp3) is 0.750. The maximum Gasteiger partial charge on any atom is 0.317 e. The summed E-state index contributed by atoms with van der Waals surface area (Å²) < 4.78 is 2.03. The largest absolute Gasteiger partial charge is 0.332 e. The molecule has 24 heavy (non-hydrogen) atoms. The van der Waals surface area contributed by atoms with Crippen LogP contribution in [0.1, 0.15) is 18.5 Å². The van der Waals surface area contributed by atoms with Crippen LogP contribution in [0.25, 0.3) is 0 Å². The molecule has 2 aliphatic rings. The van der Waals surface area contributed by atoms with Crippen molar-refractivity contribution in [2.75, 3.05) is 43.9 Å². The molecular weight excluding hydrogens is 342 g/mol. The molecule has 0 radical (unpaired) electrons. The SMILES string of the molecule is CSc1ncc(CNC(=O)N2CCC(N3CCSCC3)CC2)n1C. The van der Waals surface area contributed by atoms with Gasteiger partial charge in [-0.15, -0.1) is 0 Å². The molecule has 6 nitrogen and oxygen atoms in total. The van der Waals surface area contributed by atoms with E-state index in [4.69, 9.17) is 0 Å². The molecule has 0 unspecified atom stereocenters. The third kappa shape index (κ3) is 4.21. The second-order valence-electron chi connectivity index (χ2n) is 6.32. The topological polar surface area (TPSA) is 53.4 Å². The van der Waals surface area contributed by atoms with Crippen molar-refractivity contribution >= 4 is 29.6 Å². The molecule has 2 amide bonds. The zero-order valence-corrected chi connectivity index (χ0v) is 16.2. The molecule has 0 atom stereocenters. The maximum atomic E-state index is 12.4. The first-order valence-electron chi connectivity index (χ1n) is 8.58. The smallest absolute Gasteiger partial charge is 0.317 e. The van der Waals surface area contributed by atoms with E-state index in [0.29, 0.717) is 12.6 Å². The van der Waals surface area contributed by atoms with Crippen molar-refractivity contribution in [2.24, 2.45) is 7.05 Å². The van der Waals surface area contributed by atoms with Crippen LogP contribution in [0.3, 0.4) is 0 Å². The number of nitrogens with one attached hydrogen (secondary N) is 1. The normalized spacial score (nSPS) is 20.3. The molecule has 3 heterocycles. The first-order valence-corrected chi connectivity index (χ1v) is 11.0. The number of aromatic nitrogens is 2.